The molecule has 1 aromatic carbocycles. The quantitative estimate of drug-likeness (QED) is 0.493. The number of nitrogens with zero attached hydrogens (tertiary/aromatic N) is 7. The molecule has 0 aliphatic carbocycles. The first-order valence-electron chi connectivity index (χ1n) is 10.3. The van der Waals surface area contributed by atoms with Gasteiger partial charge in [-0.25, -0.2) is 4.98 Å². The normalized spacial score (nSPS) is 16.5. The molecule has 4 aromatic rings. The third-order valence-corrected chi connectivity index (χ3v) is 5.62. The molecule has 0 saturated heterocycles. The predicted molar refractivity (Wildman–Crippen MR) is 114 cm³/mol. The van der Waals surface area contributed by atoms with Crippen LogP contribution in [0.25, 0.3) is 11.0 Å². The maximum Gasteiger partial charge on any atom is 0.136 e. The minimum atomic E-state index is 0.204. The molecule has 4 heterocycles. The van der Waals surface area contributed by atoms with Crippen LogP contribution in [0.1, 0.15) is 28.6 Å². The lowest BCUT2D eigenvalue weighted by atomic mass is 10.2. The molecule has 1 unspecified atom stereocenters. The van der Waals surface area contributed by atoms with Crippen molar-refractivity contribution in [3.05, 3.63) is 65.5 Å². The van der Waals surface area contributed by atoms with Gasteiger partial charge in [-0.2, -0.15) is 10.2 Å². The van der Waals surface area contributed by atoms with Gasteiger partial charge in [-0.15, -0.1) is 0 Å². The number of fused-ring (bicyclic) bond motifs is 3. The van der Waals surface area contributed by atoms with E-state index < -0.39 is 0 Å². The maximum atomic E-state index is 5.93. The highest BCUT2D eigenvalue weighted by molar-refractivity contribution is 5.77. The minimum Gasteiger partial charge on any atom is -0.371 e. The van der Waals surface area contributed by atoms with Gasteiger partial charge in [0.05, 0.1) is 36.1 Å². The largest absolute Gasteiger partial charge is 0.371 e. The highest BCUT2D eigenvalue weighted by Crippen LogP contribution is 2.28. The number of imidazole rings is 1. The molecule has 0 spiro atoms. The number of hydrogen-bond acceptors (Lipinski definition) is 5. The molecule has 0 bridgehead atoms. The van der Waals surface area contributed by atoms with Crippen LogP contribution in [0.5, 0.6) is 0 Å². The number of hydrogen-bond donors (Lipinski definition) is 0. The zero-order valence-electron chi connectivity index (χ0n) is 17.7. The van der Waals surface area contributed by atoms with Gasteiger partial charge in [0.25, 0.3) is 0 Å². The van der Waals surface area contributed by atoms with E-state index >= 15 is 0 Å². The van der Waals surface area contributed by atoms with Crippen molar-refractivity contribution in [2.45, 2.75) is 32.7 Å². The smallest absolute Gasteiger partial charge is 0.136 e. The molecule has 5 rings (SSSR count). The number of ether oxygens (including phenoxy) is 1. The van der Waals surface area contributed by atoms with Gasteiger partial charge in [0.15, 0.2) is 0 Å². The molecule has 1 atom stereocenters. The van der Waals surface area contributed by atoms with Crippen molar-refractivity contribution in [3.8, 4) is 0 Å². The van der Waals surface area contributed by atoms with Crippen molar-refractivity contribution in [1.29, 1.82) is 0 Å². The van der Waals surface area contributed by atoms with E-state index in [0.29, 0.717) is 13.2 Å². The monoisotopic (exact) mass is 405 g/mol. The molecule has 30 heavy (non-hydrogen) atoms. The Balaban J connectivity index is 1.45. The summed E-state index contributed by atoms with van der Waals surface area (Å²) in [6.07, 6.45) is 8.03. The number of aromatic nitrogens is 6. The summed E-state index contributed by atoms with van der Waals surface area (Å²) >= 11 is 0. The molecule has 156 valence electrons. The Morgan fingerprint density at radius 2 is 1.77 bits per heavy atom. The molecular formula is C22H27N7O. The van der Waals surface area contributed by atoms with Gasteiger partial charge >= 0.3 is 0 Å². The number of aryl methyl sites for hydroxylation is 3. The lowest BCUT2D eigenvalue weighted by molar-refractivity contribution is 0.0402. The van der Waals surface area contributed by atoms with Gasteiger partial charge < -0.3 is 9.30 Å². The van der Waals surface area contributed by atoms with E-state index in [1.54, 1.807) is 0 Å². The molecule has 8 nitrogen and oxygen atoms in total. The Hall–Kier alpha value is -2.97. The van der Waals surface area contributed by atoms with E-state index in [4.69, 9.17) is 9.72 Å². The molecule has 0 amide bonds. The lowest BCUT2D eigenvalue weighted by Crippen LogP contribution is -2.35. The zero-order valence-corrected chi connectivity index (χ0v) is 17.7. The first-order valence-corrected chi connectivity index (χ1v) is 10.3. The SMILES string of the molecule is Cc1ccc2c(c1)nc1n2C(CN(Cc2cnn(C)c2)Cc2cnn(C)c2)COC1. The second kappa shape index (κ2) is 7.70. The van der Waals surface area contributed by atoms with Crippen LogP contribution in [0.15, 0.2) is 43.0 Å². The Labute approximate surface area is 175 Å². The van der Waals surface area contributed by atoms with Crippen LogP contribution in [0.2, 0.25) is 0 Å². The molecule has 1 aliphatic rings. The van der Waals surface area contributed by atoms with Crippen LogP contribution < -0.4 is 0 Å². The van der Waals surface area contributed by atoms with E-state index in [0.717, 1.165) is 31.0 Å². The van der Waals surface area contributed by atoms with Crippen LogP contribution in [0.3, 0.4) is 0 Å². The van der Waals surface area contributed by atoms with Crippen molar-refractivity contribution in [2.75, 3.05) is 13.2 Å². The van der Waals surface area contributed by atoms with Crippen molar-refractivity contribution in [3.63, 3.8) is 0 Å². The maximum absolute atomic E-state index is 5.93. The van der Waals surface area contributed by atoms with Crippen molar-refractivity contribution >= 4 is 11.0 Å². The van der Waals surface area contributed by atoms with Gasteiger partial charge in [-0.1, -0.05) is 6.07 Å². The Kier molecular flexibility index (Phi) is 4.88. The summed E-state index contributed by atoms with van der Waals surface area (Å²) in [4.78, 5) is 7.28. The topological polar surface area (TPSA) is 65.9 Å². The fourth-order valence-electron chi connectivity index (χ4n) is 4.37. The predicted octanol–water partition coefficient (Wildman–Crippen LogP) is 2.59. The minimum absolute atomic E-state index is 0.204. The standard InChI is InChI=1S/C22H27N7O/c1-16-4-5-21-20(6-16)25-22-15-30-14-19(29(21)22)13-28(11-17-7-23-26(2)9-17)12-18-8-24-27(3)10-18/h4-10,19H,11-15H2,1-3H3. The van der Waals surface area contributed by atoms with Crippen LogP contribution in [-0.2, 0) is 38.5 Å². The second-order valence-electron chi connectivity index (χ2n) is 8.27. The van der Waals surface area contributed by atoms with E-state index in [1.807, 2.05) is 35.9 Å². The van der Waals surface area contributed by atoms with Crippen molar-refractivity contribution in [1.82, 2.24) is 34.0 Å². The first-order chi connectivity index (χ1) is 14.5. The molecule has 0 saturated carbocycles. The summed E-state index contributed by atoms with van der Waals surface area (Å²) in [5.41, 5.74) is 5.86. The molecule has 1 aliphatic heterocycles. The Bertz CT molecular complexity index is 1130. The number of benzene rings is 1. The van der Waals surface area contributed by atoms with Crippen LogP contribution in [0.4, 0.5) is 0 Å². The van der Waals surface area contributed by atoms with Crippen LogP contribution >= 0.6 is 0 Å². The second-order valence-corrected chi connectivity index (χ2v) is 8.27. The summed E-state index contributed by atoms with van der Waals surface area (Å²) in [6.45, 7) is 5.85. The van der Waals surface area contributed by atoms with Crippen molar-refractivity contribution < 1.29 is 4.74 Å². The molecular weight excluding hydrogens is 378 g/mol. The Morgan fingerprint density at radius 3 is 2.40 bits per heavy atom. The third-order valence-electron chi connectivity index (χ3n) is 5.62. The molecule has 0 radical (unpaired) electrons. The fraction of sp³-hybridized carbons (Fsp3) is 0.409. The molecule has 3 aromatic heterocycles. The molecule has 0 fully saturated rings. The average molecular weight is 406 g/mol. The summed E-state index contributed by atoms with van der Waals surface area (Å²) in [7, 11) is 3.91. The summed E-state index contributed by atoms with van der Waals surface area (Å²) in [5, 5.41) is 8.68. The summed E-state index contributed by atoms with van der Waals surface area (Å²) in [6, 6.07) is 6.70. The van der Waals surface area contributed by atoms with Crippen LogP contribution in [-0.4, -0.2) is 47.2 Å². The summed E-state index contributed by atoms with van der Waals surface area (Å²) in [5.74, 6) is 1.01. The van der Waals surface area contributed by atoms with Gasteiger partial charge in [0, 0.05) is 57.3 Å². The van der Waals surface area contributed by atoms with E-state index in [2.05, 4.69) is 57.2 Å². The molecule has 8 heteroatoms. The summed E-state index contributed by atoms with van der Waals surface area (Å²) < 4.78 is 12.0. The van der Waals surface area contributed by atoms with Crippen LogP contribution in [0, 0.1) is 6.92 Å². The van der Waals surface area contributed by atoms with E-state index in [-0.39, 0.29) is 6.04 Å². The fourth-order valence-corrected chi connectivity index (χ4v) is 4.37. The zero-order chi connectivity index (χ0) is 20.7. The van der Waals surface area contributed by atoms with E-state index in [9.17, 15) is 0 Å². The van der Waals surface area contributed by atoms with E-state index in [1.165, 1.54) is 22.2 Å². The molecule has 0 N–H and O–H groups in total. The highest BCUT2D eigenvalue weighted by Gasteiger charge is 2.26. The van der Waals surface area contributed by atoms with Crippen molar-refractivity contribution in [2.24, 2.45) is 14.1 Å². The van der Waals surface area contributed by atoms with Gasteiger partial charge in [-0.05, 0) is 24.6 Å². The third kappa shape index (κ3) is 3.76. The van der Waals surface area contributed by atoms with Gasteiger partial charge in [0.2, 0.25) is 0 Å². The lowest BCUT2D eigenvalue weighted by Gasteiger charge is -2.31. The average Bonchev–Trinajstić information content (AvgIpc) is 3.40. The Morgan fingerprint density at radius 1 is 1.07 bits per heavy atom. The van der Waals surface area contributed by atoms with Gasteiger partial charge in [0.1, 0.15) is 12.4 Å². The highest BCUT2D eigenvalue weighted by atomic mass is 16.5. The van der Waals surface area contributed by atoms with Gasteiger partial charge in [-0.3, -0.25) is 14.3 Å². The number of rotatable bonds is 6. The first kappa shape index (κ1) is 19.0.